The van der Waals surface area contributed by atoms with Crippen LogP contribution >= 0.6 is 0 Å². The van der Waals surface area contributed by atoms with Crippen LogP contribution < -0.4 is 10.6 Å². The zero-order valence-corrected chi connectivity index (χ0v) is 16.0. The molecule has 0 unspecified atom stereocenters. The lowest BCUT2D eigenvalue weighted by molar-refractivity contribution is -0.116. The second-order valence-electron chi connectivity index (χ2n) is 7.78. The smallest absolute Gasteiger partial charge is 0.244 e. The number of amides is 1. The quantitative estimate of drug-likeness (QED) is 0.718. The molecular formula is C19H27N7O. The molecule has 2 N–H and O–H groups in total. The third-order valence-electron chi connectivity index (χ3n) is 5.58. The van der Waals surface area contributed by atoms with Gasteiger partial charge in [-0.25, -0.2) is 14.6 Å². The normalized spacial score (nSPS) is 20.3. The first kappa shape index (κ1) is 17.9. The maximum atomic E-state index is 12.2. The Morgan fingerprint density at radius 3 is 2.89 bits per heavy atom. The highest BCUT2D eigenvalue weighted by molar-refractivity contribution is 5.88. The Kier molecular flexibility index (Phi) is 4.82. The van der Waals surface area contributed by atoms with Crippen molar-refractivity contribution in [2.75, 3.05) is 38.5 Å². The van der Waals surface area contributed by atoms with Crippen molar-refractivity contribution in [3.05, 3.63) is 24.2 Å². The van der Waals surface area contributed by atoms with E-state index in [1.54, 1.807) is 12.4 Å². The van der Waals surface area contributed by atoms with Crippen LogP contribution in [0.1, 0.15) is 26.2 Å². The SMILES string of the molecule is CCn1ncc2c(NCC3(CNC(=O)/C=C4/CCN(C)C4)CC3)ncnc21. The van der Waals surface area contributed by atoms with Gasteiger partial charge >= 0.3 is 0 Å². The Hall–Kier alpha value is -2.48. The topological polar surface area (TPSA) is 88.0 Å². The molecule has 0 bridgehead atoms. The number of nitrogens with zero attached hydrogens (tertiary/aromatic N) is 5. The number of aryl methyl sites for hydroxylation is 1. The summed E-state index contributed by atoms with van der Waals surface area (Å²) >= 11 is 0. The van der Waals surface area contributed by atoms with Gasteiger partial charge in [-0.2, -0.15) is 5.10 Å². The van der Waals surface area contributed by atoms with Gasteiger partial charge in [0.1, 0.15) is 12.1 Å². The molecule has 144 valence electrons. The van der Waals surface area contributed by atoms with Gasteiger partial charge in [-0.3, -0.25) is 4.79 Å². The average Bonchev–Trinajstić information content (AvgIpc) is 3.12. The summed E-state index contributed by atoms with van der Waals surface area (Å²) in [6, 6.07) is 0. The van der Waals surface area contributed by atoms with Gasteiger partial charge in [-0.1, -0.05) is 0 Å². The first-order chi connectivity index (χ1) is 13.1. The number of likely N-dealkylation sites (N-methyl/N-ethyl adjacent to an activating group) is 1. The summed E-state index contributed by atoms with van der Waals surface area (Å²) in [5, 5.41) is 11.8. The van der Waals surface area contributed by atoms with Crippen LogP contribution in [0.3, 0.4) is 0 Å². The van der Waals surface area contributed by atoms with Crippen molar-refractivity contribution < 1.29 is 4.79 Å². The first-order valence-corrected chi connectivity index (χ1v) is 9.65. The van der Waals surface area contributed by atoms with Crippen LogP contribution in [0.2, 0.25) is 0 Å². The van der Waals surface area contributed by atoms with Crippen LogP contribution in [-0.4, -0.2) is 63.8 Å². The van der Waals surface area contributed by atoms with E-state index in [0.717, 1.165) is 62.3 Å². The summed E-state index contributed by atoms with van der Waals surface area (Å²) in [5.41, 5.74) is 2.19. The molecule has 2 fully saturated rings. The highest BCUT2D eigenvalue weighted by Gasteiger charge is 2.42. The maximum Gasteiger partial charge on any atom is 0.244 e. The van der Waals surface area contributed by atoms with Crippen molar-refractivity contribution in [1.29, 1.82) is 0 Å². The Morgan fingerprint density at radius 1 is 1.33 bits per heavy atom. The van der Waals surface area contributed by atoms with E-state index in [4.69, 9.17) is 0 Å². The van der Waals surface area contributed by atoms with E-state index in [0.29, 0.717) is 6.54 Å². The van der Waals surface area contributed by atoms with Gasteiger partial charge in [0.25, 0.3) is 0 Å². The lowest BCUT2D eigenvalue weighted by Crippen LogP contribution is -2.33. The third kappa shape index (κ3) is 3.95. The lowest BCUT2D eigenvalue weighted by atomic mass is 10.1. The van der Waals surface area contributed by atoms with Crippen LogP contribution in [-0.2, 0) is 11.3 Å². The van der Waals surface area contributed by atoms with E-state index in [1.807, 2.05) is 17.8 Å². The Bertz CT molecular complexity index is 868. The molecule has 3 heterocycles. The first-order valence-electron chi connectivity index (χ1n) is 9.65. The Morgan fingerprint density at radius 2 is 2.19 bits per heavy atom. The van der Waals surface area contributed by atoms with Crippen molar-refractivity contribution >= 4 is 22.8 Å². The molecule has 8 nitrogen and oxygen atoms in total. The van der Waals surface area contributed by atoms with Gasteiger partial charge in [-0.15, -0.1) is 0 Å². The summed E-state index contributed by atoms with van der Waals surface area (Å²) < 4.78 is 1.86. The molecule has 2 aromatic heterocycles. The van der Waals surface area contributed by atoms with E-state index in [-0.39, 0.29) is 11.3 Å². The number of rotatable bonds is 7. The molecular weight excluding hydrogens is 342 g/mol. The van der Waals surface area contributed by atoms with Gasteiger partial charge < -0.3 is 15.5 Å². The fourth-order valence-corrected chi connectivity index (χ4v) is 3.60. The standard InChI is InChI=1S/C19H27N7O/c1-3-26-18-15(9-24-26)17(22-13-23-18)21-12-19(5-6-19)11-20-16(27)8-14-4-7-25(2)10-14/h8-9,13H,3-7,10-12H2,1-2H3,(H,20,27)(H,21,22,23)/b14-8-. The molecule has 2 aromatic rings. The molecule has 1 aliphatic carbocycles. The summed E-state index contributed by atoms with van der Waals surface area (Å²) in [6.07, 6.45) is 8.38. The van der Waals surface area contributed by atoms with E-state index in [2.05, 4.69) is 37.6 Å². The van der Waals surface area contributed by atoms with Gasteiger partial charge in [0.05, 0.1) is 11.6 Å². The van der Waals surface area contributed by atoms with Crippen molar-refractivity contribution in [3.8, 4) is 0 Å². The summed E-state index contributed by atoms with van der Waals surface area (Å²) in [5.74, 6) is 0.841. The van der Waals surface area contributed by atoms with E-state index in [1.165, 1.54) is 5.57 Å². The highest BCUT2D eigenvalue weighted by Crippen LogP contribution is 2.45. The number of aromatic nitrogens is 4. The zero-order valence-electron chi connectivity index (χ0n) is 16.0. The molecule has 1 saturated heterocycles. The van der Waals surface area contributed by atoms with Gasteiger partial charge in [0.15, 0.2) is 5.65 Å². The van der Waals surface area contributed by atoms with Crippen LogP contribution in [0.5, 0.6) is 0 Å². The number of carbonyl (C=O) groups is 1. The van der Waals surface area contributed by atoms with Crippen LogP contribution in [0.25, 0.3) is 11.0 Å². The second-order valence-corrected chi connectivity index (χ2v) is 7.78. The summed E-state index contributed by atoms with van der Waals surface area (Å²) in [7, 11) is 2.08. The number of hydrogen-bond donors (Lipinski definition) is 2. The molecule has 0 aromatic carbocycles. The van der Waals surface area contributed by atoms with Gasteiger partial charge in [0.2, 0.25) is 5.91 Å². The van der Waals surface area contributed by atoms with E-state index in [9.17, 15) is 4.79 Å². The summed E-state index contributed by atoms with van der Waals surface area (Å²) in [6.45, 7) is 6.24. The zero-order chi connectivity index (χ0) is 18.9. The minimum Gasteiger partial charge on any atom is -0.369 e. The van der Waals surface area contributed by atoms with Crippen LogP contribution in [0.4, 0.5) is 5.82 Å². The van der Waals surface area contributed by atoms with Gasteiger partial charge in [-0.05, 0) is 38.8 Å². The predicted molar refractivity (Wildman–Crippen MR) is 104 cm³/mol. The van der Waals surface area contributed by atoms with Crippen molar-refractivity contribution in [1.82, 2.24) is 30.0 Å². The fourth-order valence-electron chi connectivity index (χ4n) is 3.60. The molecule has 1 saturated carbocycles. The van der Waals surface area contributed by atoms with E-state index >= 15 is 0 Å². The van der Waals surface area contributed by atoms with Crippen molar-refractivity contribution in [2.24, 2.45) is 5.41 Å². The van der Waals surface area contributed by atoms with E-state index < -0.39 is 0 Å². The number of likely N-dealkylation sites (tertiary alicyclic amines) is 1. The Balaban J connectivity index is 1.33. The minimum absolute atomic E-state index is 0.0280. The fraction of sp³-hybridized carbons (Fsp3) is 0.579. The largest absolute Gasteiger partial charge is 0.369 e. The molecule has 2 aliphatic rings. The molecule has 1 amide bonds. The molecule has 4 rings (SSSR count). The molecule has 1 aliphatic heterocycles. The third-order valence-corrected chi connectivity index (χ3v) is 5.58. The average molecular weight is 369 g/mol. The molecule has 8 heteroatoms. The molecule has 0 radical (unpaired) electrons. The second kappa shape index (κ2) is 7.26. The monoisotopic (exact) mass is 369 g/mol. The number of carbonyl (C=O) groups excluding carboxylic acids is 1. The van der Waals surface area contributed by atoms with Gasteiger partial charge in [0, 0.05) is 44.2 Å². The molecule has 0 atom stereocenters. The number of hydrogen-bond acceptors (Lipinski definition) is 6. The molecule has 27 heavy (non-hydrogen) atoms. The number of nitrogens with one attached hydrogen (secondary N) is 2. The minimum atomic E-state index is 0.0280. The molecule has 0 spiro atoms. The number of fused-ring (bicyclic) bond motifs is 1. The van der Waals surface area contributed by atoms with Crippen molar-refractivity contribution in [3.63, 3.8) is 0 Å². The predicted octanol–water partition coefficient (Wildman–Crippen LogP) is 1.42. The summed E-state index contributed by atoms with van der Waals surface area (Å²) in [4.78, 5) is 23.1. The van der Waals surface area contributed by atoms with Crippen LogP contribution in [0, 0.1) is 5.41 Å². The van der Waals surface area contributed by atoms with Crippen LogP contribution in [0.15, 0.2) is 24.2 Å². The Labute approximate surface area is 159 Å². The van der Waals surface area contributed by atoms with Crippen molar-refractivity contribution in [2.45, 2.75) is 32.7 Å². The highest BCUT2D eigenvalue weighted by atomic mass is 16.1. The lowest BCUT2D eigenvalue weighted by Gasteiger charge is -2.17. The maximum absolute atomic E-state index is 12.2. The number of anilines is 1.